The van der Waals surface area contributed by atoms with E-state index in [2.05, 4.69) is 10.9 Å². The Balaban J connectivity index is 1.94. The second kappa shape index (κ2) is 7.38. The van der Waals surface area contributed by atoms with E-state index in [4.69, 9.17) is 11.6 Å². The van der Waals surface area contributed by atoms with Crippen LogP contribution in [-0.2, 0) is 9.84 Å². The molecular formula is C18H16ClN3O2S. The van der Waals surface area contributed by atoms with Crippen LogP contribution in [-0.4, -0.2) is 15.0 Å². The molecule has 2 aromatic carbocycles. The summed E-state index contributed by atoms with van der Waals surface area (Å²) in [5.74, 6) is -0.167. The minimum Gasteiger partial charge on any atom is -0.257 e. The third-order valence-corrected chi connectivity index (χ3v) is 6.02. The van der Waals surface area contributed by atoms with Gasteiger partial charge in [-0.25, -0.2) is 13.8 Å². The molecule has 3 rings (SSSR count). The Morgan fingerprint density at radius 1 is 1.16 bits per heavy atom. The summed E-state index contributed by atoms with van der Waals surface area (Å²) in [6, 6.07) is 17.2. The maximum absolute atomic E-state index is 12.7. The first-order chi connectivity index (χ1) is 12.0. The SMILES string of the molecule is N#C/C(=C\C1CNNC1c1ccccc1)S(=O)(=O)c1ccc(Cl)cc1. The molecule has 1 aliphatic rings. The summed E-state index contributed by atoms with van der Waals surface area (Å²) < 4.78 is 25.5. The lowest BCUT2D eigenvalue weighted by molar-refractivity contribution is 0.539. The van der Waals surface area contributed by atoms with Crippen LogP contribution in [0.3, 0.4) is 0 Å². The van der Waals surface area contributed by atoms with Gasteiger partial charge in [-0.3, -0.25) is 5.43 Å². The van der Waals surface area contributed by atoms with Crippen molar-refractivity contribution in [3.05, 3.63) is 76.2 Å². The van der Waals surface area contributed by atoms with E-state index in [0.29, 0.717) is 11.6 Å². The van der Waals surface area contributed by atoms with Crippen molar-refractivity contribution in [1.29, 1.82) is 5.26 Å². The van der Waals surface area contributed by atoms with Crippen LogP contribution in [0.25, 0.3) is 0 Å². The number of hydrazine groups is 1. The van der Waals surface area contributed by atoms with E-state index in [1.54, 1.807) is 0 Å². The van der Waals surface area contributed by atoms with Crippen LogP contribution in [0.2, 0.25) is 5.02 Å². The zero-order chi connectivity index (χ0) is 17.9. The summed E-state index contributed by atoms with van der Waals surface area (Å²) in [6.45, 7) is 0.529. The molecule has 7 heteroatoms. The quantitative estimate of drug-likeness (QED) is 0.805. The monoisotopic (exact) mass is 373 g/mol. The molecule has 0 aromatic heterocycles. The number of rotatable bonds is 4. The molecule has 1 aliphatic heterocycles. The van der Waals surface area contributed by atoms with Crippen molar-refractivity contribution in [3.8, 4) is 6.07 Å². The van der Waals surface area contributed by atoms with E-state index in [0.717, 1.165) is 5.56 Å². The summed E-state index contributed by atoms with van der Waals surface area (Å²) >= 11 is 5.81. The number of hydrogen-bond donors (Lipinski definition) is 2. The second-order valence-electron chi connectivity index (χ2n) is 5.68. The number of halogens is 1. The third kappa shape index (κ3) is 3.75. The molecule has 0 radical (unpaired) electrons. The number of nitrogens with one attached hydrogen (secondary N) is 2. The summed E-state index contributed by atoms with van der Waals surface area (Å²) in [6.07, 6.45) is 1.52. The van der Waals surface area contributed by atoms with Crippen molar-refractivity contribution in [2.45, 2.75) is 10.9 Å². The van der Waals surface area contributed by atoms with Crippen molar-refractivity contribution in [2.24, 2.45) is 5.92 Å². The Bertz CT molecular complexity index is 919. The fraction of sp³-hybridized carbons (Fsp3) is 0.167. The van der Waals surface area contributed by atoms with Crippen LogP contribution in [0.5, 0.6) is 0 Å². The van der Waals surface area contributed by atoms with Crippen molar-refractivity contribution >= 4 is 21.4 Å². The van der Waals surface area contributed by atoms with E-state index < -0.39 is 9.84 Å². The van der Waals surface area contributed by atoms with E-state index in [1.807, 2.05) is 36.4 Å². The van der Waals surface area contributed by atoms with Gasteiger partial charge in [0.05, 0.1) is 10.9 Å². The smallest absolute Gasteiger partial charge is 0.216 e. The number of nitrogens with zero attached hydrogens (tertiary/aromatic N) is 1. The molecule has 0 bridgehead atoms. The number of benzene rings is 2. The summed E-state index contributed by atoms with van der Waals surface area (Å²) in [7, 11) is -3.88. The van der Waals surface area contributed by atoms with Crippen molar-refractivity contribution in [2.75, 3.05) is 6.54 Å². The molecule has 2 aromatic rings. The van der Waals surface area contributed by atoms with Gasteiger partial charge in [0.25, 0.3) is 0 Å². The molecule has 1 fully saturated rings. The maximum atomic E-state index is 12.7. The molecule has 2 N–H and O–H groups in total. The molecule has 0 saturated carbocycles. The minimum absolute atomic E-state index is 0.0554. The van der Waals surface area contributed by atoms with Crippen molar-refractivity contribution in [1.82, 2.24) is 10.9 Å². The lowest BCUT2D eigenvalue weighted by atomic mass is 9.95. The highest BCUT2D eigenvalue weighted by Crippen LogP contribution is 2.29. The first-order valence-corrected chi connectivity index (χ1v) is 9.54. The summed E-state index contributed by atoms with van der Waals surface area (Å²) in [4.78, 5) is -0.203. The van der Waals surface area contributed by atoms with Gasteiger partial charge in [0.1, 0.15) is 11.0 Å². The molecule has 2 unspecified atom stereocenters. The third-order valence-electron chi connectivity index (χ3n) is 4.07. The van der Waals surface area contributed by atoms with Gasteiger partial charge in [0.2, 0.25) is 9.84 Å². The molecule has 1 saturated heterocycles. The normalized spacial score (nSPS) is 21.0. The van der Waals surface area contributed by atoms with E-state index in [-0.39, 0.29) is 21.8 Å². The fourth-order valence-electron chi connectivity index (χ4n) is 2.78. The van der Waals surface area contributed by atoms with Gasteiger partial charge in [-0.15, -0.1) is 0 Å². The molecule has 0 amide bonds. The largest absolute Gasteiger partial charge is 0.257 e. The lowest BCUT2D eigenvalue weighted by Crippen LogP contribution is -2.24. The summed E-state index contributed by atoms with van der Waals surface area (Å²) in [5.41, 5.74) is 7.19. The Morgan fingerprint density at radius 2 is 1.84 bits per heavy atom. The molecule has 1 heterocycles. The average molecular weight is 374 g/mol. The molecule has 2 atom stereocenters. The van der Waals surface area contributed by atoms with Crippen LogP contribution >= 0.6 is 11.6 Å². The first-order valence-electron chi connectivity index (χ1n) is 7.68. The zero-order valence-corrected chi connectivity index (χ0v) is 14.8. The molecule has 0 spiro atoms. The van der Waals surface area contributed by atoms with Crippen molar-refractivity contribution < 1.29 is 8.42 Å². The predicted octanol–water partition coefficient (Wildman–Crippen LogP) is 2.99. The first kappa shape index (κ1) is 17.6. The Hall–Kier alpha value is -2.17. The minimum atomic E-state index is -3.88. The number of allylic oxidation sites excluding steroid dienone is 1. The van der Waals surface area contributed by atoms with E-state index in [1.165, 1.54) is 30.3 Å². The van der Waals surface area contributed by atoms with Crippen molar-refractivity contribution in [3.63, 3.8) is 0 Å². The Morgan fingerprint density at radius 3 is 2.48 bits per heavy atom. The van der Waals surface area contributed by atoms with Crippen LogP contribution in [0.1, 0.15) is 11.6 Å². The van der Waals surface area contributed by atoms with Gasteiger partial charge in [-0.2, -0.15) is 5.26 Å². The van der Waals surface area contributed by atoms with E-state index in [9.17, 15) is 13.7 Å². The average Bonchev–Trinajstić information content (AvgIpc) is 3.09. The summed E-state index contributed by atoms with van der Waals surface area (Å²) in [5, 5.41) is 9.87. The Kier molecular flexibility index (Phi) is 5.21. The number of sulfone groups is 1. The van der Waals surface area contributed by atoms with Gasteiger partial charge in [-0.05, 0) is 35.9 Å². The van der Waals surface area contributed by atoms with Gasteiger partial charge in [-0.1, -0.05) is 41.9 Å². The highest BCUT2D eigenvalue weighted by Gasteiger charge is 2.30. The highest BCUT2D eigenvalue weighted by atomic mass is 35.5. The molecule has 25 heavy (non-hydrogen) atoms. The maximum Gasteiger partial charge on any atom is 0.216 e. The second-order valence-corrected chi connectivity index (χ2v) is 8.03. The van der Waals surface area contributed by atoms with Crippen LogP contribution in [0, 0.1) is 17.2 Å². The number of hydrogen-bond acceptors (Lipinski definition) is 5. The van der Waals surface area contributed by atoms with Gasteiger partial charge in [0, 0.05) is 17.5 Å². The van der Waals surface area contributed by atoms with Gasteiger partial charge in [0.15, 0.2) is 0 Å². The van der Waals surface area contributed by atoms with Crippen LogP contribution in [0.4, 0.5) is 0 Å². The molecule has 5 nitrogen and oxygen atoms in total. The van der Waals surface area contributed by atoms with Crippen LogP contribution in [0.15, 0.2) is 70.5 Å². The lowest BCUT2D eigenvalue weighted by Gasteiger charge is -2.16. The van der Waals surface area contributed by atoms with E-state index >= 15 is 0 Å². The molecular weight excluding hydrogens is 358 g/mol. The van der Waals surface area contributed by atoms with Crippen LogP contribution < -0.4 is 10.9 Å². The van der Waals surface area contributed by atoms with Gasteiger partial charge < -0.3 is 0 Å². The standard InChI is InChI=1S/C18H16ClN3O2S/c19-15-6-8-16(9-7-15)25(23,24)17(11-20)10-14-12-21-22-18(14)13-4-2-1-3-5-13/h1-10,14,18,21-22H,12H2/b17-10+. The fourth-order valence-corrected chi connectivity index (χ4v) is 4.13. The number of nitriles is 1. The highest BCUT2D eigenvalue weighted by molar-refractivity contribution is 7.95. The molecule has 0 aliphatic carbocycles. The molecule has 128 valence electrons. The zero-order valence-electron chi connectivity index (χ0n) is 13.2. The predicted molar refractivity (Wildman–Crippen MR) is 96.1 cm³/mol. The topological polar surface area (TPSA) is 82.0 Å². The van der Waals surface area contributed by atoms with Gasteiger partial charge >= 0.3 is 0 Å². The Labute approximate surface area is 151 Å².